The van der Waals surface area contributed by atoms with Crippen LogP contribution in [0.1, 0.15) is 27.7 Å². The lowest BCUT2D eigenvalue weighted by Gasteiger charge is -2.24. The van der Waals surface area contributed by atoms with Crippen LogP contribution in [0.2, 0.25) is 0 Å². The molecule has 0 radical (unpaired) electrons. The maximum Gasteiger partial charge on any atom is 0.242 e. The van der Waals surface area contributed by atoms with Crippen LogP contribution in [-0.2, 0) is 4.79 Å². The minimum atomic E-state index is -0.366. The number of amides is 1. The van der Waals surface area contributed by atoms with Crippen molar-refractivity contribution in [2.45, 2.75) is 39.3 Å². The van der Waals surface area contributed by atoms with Crippen molar-refractivity contribution in [2.24, 2.45) is 0 Å². The van der Waals surface area contributed by atoms with E-state index in [1.807, 2.05) is 20.8 Å². The Morgan fingerprint density at radius 2 is 2.00 bits per heavy atom. The van der Waals surface area contributed by atoms with Gasteiger partial charge in [0.1, 0.15) is 11.8 Å². The van der Waals surface area contributed by atoms with E-state index in [1.165, 1.54) is 0 Å². The molecule has 0 aliphatic rings. The number of benzene rings is 1. The monoisotopic (exact) mass is 265 g/mol. The smallest absolute Gasteiger partial charge is 0.242 e. The molecule has 0 aliphatic heterocycles. The molecular weight excluding hydrogens is 242 g/mol. The van der Waals surface area contributed by atoms with Gasteiger partial charge in [0.25, 0.3) is 0 Å². The first kappa shape index (κ1) is 15.1. The highest BCUT2D eigenvalue weighted by Crippen LogP contribution is 2.24. The van der Waals surface area contributed by atoms with Gasteiger partial charge in [0, 0.05) is 11.6 Å². The molecule has 0 fully saturated rings. The summed E-state index contributed by atoms with van der Waals surface area (Å²) < 4.78 is 5.08. The molecule has 19 heavy (non-hydrogen) atoms. The number of anilines is 2. The zero-order chi connectivity index (χ0) is 14.6. The summed E-state index contributed by atoms with van der Waals surface area (Å²) >= 11 is 0. The molecule has 1 unspecified atom stereocenters. The van der Waals surface area contributed by atoms with Gasteiger partial charge in [-0.15, -0.1) is 0 Å². The van der Waals surface area contributed by atoms with Crippen molar-refractivity contribution in [1.82, 2.24) is 5.32 Å². The van der Waals surface area contributed by atoms with E-state index in [9.17, 15) is 4.79 Å². The zero-order valence-corrected chi connectivity index (χ0v) is 12.2. The van der Waals surface area contributed by atoms with E-state index in [-0.39, 0.29) is 17.5 Å². The molecule has 106 valence electrons. The van der Waals surface area contributed by atoms with E-state index >= 15 is 0 Å². The second-order valence-corrected chi connectivity index (χ2v) is 5.56. The van der Waals surface area contributed by atoms with E-state index in [2.05, 4.69) is 10.6 Å². The zero-order valence-electron chi connectivity index (χ0n) is 12.2. The van der Waals surface area contributed by atoms with Crippen LogP contribution >= 0.6 is 0 Å². The van der Waals surface area contributed by atoms with Crippen LogP contribution in [-0.4, -0.2) is 24.6 Å². The van der Waals surface area contributed by atoms with Crippen LogP contribution in [0.4, 0.5) is 11.4 Å². The minimum absolute atomic E-state index is 0.0669. The molecule has 5 heteroatoms. The van der Waals surface area contributed by atoms with E-state index in [0.717, 1.165) is 5.69 Å². The van der Waals surface area contributed by atoms with Crippen LogP contribution in [0.25, 0.3) is 0 Å². The second kappa shape index (κ2) is 5.82. The third-order valence-corrected chi connectivity index (χ3v) is 2.52. The van der Waals surface area contributed by atoms with Crippen molar-refractivity contribution in [3.8, 4) is 5.75 Å². The molecular formula is C14H23N3O2. The van der Waals surface area contributed by atoms with Gasteiger partial charge in [-0.25, -0.2) is 0 Å². The fourth-order valence-electron chi connectivity index (χ4n) is 1.58. The number of methoxy groups -OCH3 is 1. The summed E-state index contributed by atoms with van der Waals surface area (Å²) in [4.78, 5) is 12.0. The average molecular weight is 265 g/mol. The highest BCUT2D eigenvalue weighted by Gasteiger charge is 2.19. The van der Waals surface area contributed by atoms with E-state index in [0.29, 0.717) is 11.4 Å². The van der Waals surface area contributed by atoms with Crippen molar-refractivity contribution in [3.05, 3.63) is 18.2 Å². The molecule has 5 nitrogen and oxygen atoms in total. The average Bonchev–Trinajstić information content (AvgIpc) is 2.29. The van der Waals surface area contributed by atoms with Gasteiger partial charge >= 0.3 is 0 Å². The first-order chi connectivity index (χ1) is 8.73. The van der Waals surface area contributed by atoms with Crippen LogP contribution in [0.5, 0.6) is 5.75 Å². The summed E-state index contributed by atoms with van der Waals surface area (Å²) in [5, 5.41) is 6.01. The number of carbonyl (C=O) groups excluding carboxylic acids is 1. The molecule has 0 bridgehead atoms. The minimum Gasteiger partial charge on any atom is -0.497 e. The molecule has 0 aliphatic carbocycles. The lowest BCUT2D eigenvalue weighted by Crippen LogP contribution is -2.47. The first-order valence-electron chi connectivity index (χ1n) is 6.25. The van der Waals surface area contributed by atoms with Crippen molar-refractivity contribution >= 4 is 17.3 Å². The summed E-state index contributed by atoms with van der Waals surface area (Å²) in [5.41, 5.74) is 6.92. The Morgan fingerprint density at radius 1 is 1.37 bits per heavy atom. The third-order valence-electron chi connectivity index (χ3n) is 2.52. The standard InChI is InChI=1S/C14H23N3O2/c1-9(13(18)17-14(2,3)4)16-12-7-6-10(19-5)8-11(12)15/h6-9,16H,15H2,1-5H3,(H,17,18). The Balaban J connectivity index is 2.71. The lowest BCUT2D eigenvalue weighted by molar-refractivity contribution is -0.122. The number of nitrogens with two attached hydrogens (primary N) is 1. The van der Waals surface area contributed by atoms with Gasteiger partial charge in [-0.3, -0.25) is 4.79 Å². The van der Waals surface area contributed by atoms with Crippen LogP contribution in [0.15, 0.2) is 18.2 Å². The third kappa shape index (κ3) is 4.69. The van der Waals surface area contributed by atoms with Gasteiger partial charge in [0.05, 0.1) is 18.5 Å². The number of hydrogen-bond acceptors (Lipinski definition) is 4. The fourth-order valence-corrected chi connectivity index (χ4v) is 1.58. The molecule has 1 aromatic carbocycles. The predicted molar refractivity (Wildman–Crippen MR) is 78.4 cm³/mol. The van der Waals surface area contributed by atoms with Gasteiger partial charge in [0.15, 0.2) is 0 Å². The summed E-state index contributed by atoms with van der Waals surface area (Å²) in [6.07, 6.45) is 0. The highest BCUT2D eigenvalue weighted by atomic mass is 16.5. The number of ether oxygens (including phenoxy) is 1. The maximum atomic E-state index is 12.0. The molecule has 1 aromatic rings. The lowest BCUT2D eigenvalue weighted by atomic mass is 10.1. The van der Waals surface area contributed by atoms with Crippen molar-refractivity contribution in [2.75, 3.05) is 18.2 Å². The predicted octanol–water partition coefficient (Wildman–Crippen LogP) is 1.99. The molecule has 0 heterocycles. The van der Waals surface area contributed by atoms with Crippen molar-refractivity contribution in [3.63, 3.8) is 0 Å². The van der Waals surface area contributed by atoms with Gasteiger partial charge in [-0.2, -0.15) is 0 Å². The Bertz CT molecular complexity index is 452. The molecule has 0 aromatic heterocycles. The Kier molecular flexibility index (Phi) is 4.64. The number of nitrogens with one attached hydrogen (secondary N) is 2. The van der Waals surface area contributed by atoms with Crippen molar-refractivity contribution in [1.29, 1.82) is 0 Å². The Hall–Kier alpha value is -1.91. The summed E-state index contributed by atoms with van der Waals surface area (Å²) in [6.45, 7) is 7.63. The number of rotatable bonds is 4. The number of hydrogen-bond donors (Lipinski definition) is 3. The number of nitrogen functional groups attached to an aromatic ring is 1. The van der Waals surface area contributed by atoms with Crippen LogP contribution < -0.4 is 21.1 Å². The molecule has 4 N–H and O–H groups in total. The molecule has 1 atom stereocenters. The van der Waals surface area contributed by atoms with E-state index in [1.54, 1.807) is 32.2 Å². The van der Waals surface area contributed by atoms with E-state index < -0.39 is 0 Å². The van der Waals surface area contributed by atoms with Gasteiger partial charge in [-0.05, 0) is 39.8 Å². The molecule has 0 spiro atoms. The second-order valence-electron chi connectivity index (χ2n) is 5.56. The Morgan fingerprint density at radius 3 is 2.47 bits per heavy atom. The summed E-state index contributed by atoms with van der Waals surface area (Å²) in [6, 6.07) is 4.95. The number of carbonyl (C=O) groups is 1. The van der Waals surface area contributed by atoms with Crippen LogP contribution in [0.3, 0.4) is 0 Å². The summed E-state index contributed by atoms with van der Waals surface area (Å²) in [7, 11) is 1.58. The quantitative estimate of drug-likeness (QED) is 0.728. The summed E-state index contributed by atoms with van der Waals surface area (Å²) in [5.74, 6) is 0.623. The molecule has 0 saturated carbocycles. The van der Waals surface area contributed by atoms with Crippen molar-refractivity contribution < 1.29 is 9.53 Å². The first-order valence-corrected chi connectivity index (χ1v) is 6.25. The van der Waals surface area contributed by atoms with E-state index in [4.69, 9.17) is 10.5 Å². The largest absolute Gasteiger partial charge is 0.497 e. The molecule has 1 amide bonds. The molecule has 1 rings (SSSR count). The fraction of sp³-hybridized carbons (Fsp3) is 0.500. The van der Waals surface area contributed by atoms with Crippen LogP contribution in [0, 0.1) is 0 Å². The Labute approximate surface area is 114 Å². The molecule has 0 saturated heterocycles. The topological polar surface area (TPSA) is 76.4 Å². The maximum absolute atomic E-state index is 12.0. The van der Waals surface area contributed by atoms with Gasteiger partial charge in [0.2, 0.25) is 5.91 Å². The highest BCUT2D eigenvalue weighted by molar-refractivity contribution is 5.86. The van der Waals surface area contributed by atoms with Gasteiger partial charge < -0.3 is 21.1 Å². The normalized spacial score (nSPS) is 12.7. The SMILES string of the molecule is COc1ccc(NC(C)C(=O)NC(C)(C)C)c(N)c1. The van der Waals surface area contributed by atoms with Gasteiger partial charge in [-0.1, -0.05) is 0 Å².